The third-order valence-electron chi connectivity index (χ3n) is 0.662. The van der Waals surface area contributed by atoms with E-state index in [2.05, 4.69) is 10.3 Å². The third-order valence-corrected chi connectivity index (χ3v) is 0.662. The van der Waals surface area contributed by atoms with Crippen LogP contribution in [-0.2, 0) is 9.57 Å². The molecule has 4 heteroatoms. The van der Waals surface area contributed by atoms with Gasteiger partial charge in [0.05, 0.1) is 6.61 Å². The minimum Gasteiger partial charge on any atom is -0.322 e. The molecule has 42 valence electrons. The molecule has 3 N–H and O–H groups in total. The summed E-state index contributed by atoms with van der Waals surface area (Å²) >= 11 is 0. The Kier molecular flexibility index (Phi) is 1.01. The Morgan fingerprint density at radius 2 is 2.57 bits per heavy atom. The third kappa shape index (κ3) is 1.10. The van der Waals surface area contributed by atoms with Gasteiger partial charge in [-0.3, -0.25) is 5.73 Å². The fraction of sp³-hybridized carbons (Fsp3) is 1.00. The Balaban J connectivity index is 2.13. The van der Waals surface area contributed by atoms with E-state index in [1.807, 2.05) is 6.92 Å². The van der Waals surface area contributed by atoms with E-state index >= 15 is 0 Å². The van der Waals surface area contributed by atoms with E-state index in [9.17, 15) is 0 Å². The van der Waals surface area contributed by atoms with Crippen LogP contribution in [0.2, 0.25) is 0 Å². The molecule has 1 aliphatic rings. The maximum atomic E-state index is 5.20. The fourth-order valence-corrected chi connectivity index (χ4v) is 0.324. The smallest absolute Gasteiger partial charge is 0.322 e. The molecule has 0 saturated carbocycles. The highest BCUT2D eigenvalue weighted by atomic mass is 17.0. The number of hydrogen-bond acceptors (Lipinski definition) is 4. The quantitative estimate of drug-likeness (QED) is 0.353. The number of ether oxygens (including phenoxy) is 1. The molecule has 1 rings (SSSR count). The van der Waals surface area contributed by atoms with Gasteiger partial charge in [-0.25, -0.2) is 4.84 Å². The van der Waals surface area contributed by atoms with Crippen LogP contribution in [0.1, 0.15) is 6.92 Å². The summed E-state index contributed by atoms with van der Waals surface area (Å²) in [6.07, 6.45) is 0. The maximum absolute atomic E-state index is 5.20. The van der Waals surface area contributed by atoms with E-state index in [0.29, 0.717) is 6.61 Å². The lowest BCUT2D eigenvalue weighted by Crippen LogP contribution is -2.30. The standard InChI is InChI=1S/C3H8N2O2/c1-2-6-3(4)5-7-3/h5H,2,4H2,1H3. The number of hydroxylamine groups is 1. The van der Waals surface area contributed by atoms with Gasteiger partial charge in [-0.1, -0.05) is 0 Å². The average Bonchev–Trinajstić information content (AvgIpc) is 2.22. The first-order chi connectivity index (χ1) is 3.27. The Morgan fingerprint density at radius 1 is 2.00 bits per heavy atom. The highest BCUT2D eigenvalue weighted by molar-refractivity contribution is 4.59. The van der Waals surface area contributed by atoms with Crippen molar-refractivity contribution in [2.24, 2.45) is 5.73 Å². The zero-order chi connectivity index (χ0) is 5.33. The predicted molar refractivity (Wildman–Crippen MR) is 22.8 cm³/mol. The molecule has 1 aliphatic heterocycles. The summed E-state index contributed by atoms with van der Waals surface area (Å²) in [6, 6.07) is -0.950. The van der Waals surface area contributed by atoms with Crippen molar-refractivity contribution in [3.8, 4) is 0 Å². The fourth-order valence-electron chi connectivity index (χ4n) is 0.324. The second-order valence-corrected chi connectivity index (χ2v) is 1.30. The van der Waals surface area contributed by atoms with Crippen molar-refractivity contribution in [2.45, 2.75) is 13.0 Å². The molecule has 0 radical (unpaired) electrons. The van der Waals surface area contributed by atoms with Crippen molar-refractivity contribution < 1.29 is 9.57 Å². The Bertz CT molecular complexity index is 71.3. The van der Waals surface area contributed by atoms with Crippen molar-refractivity contribution in [1.82, 2.24) is 5.48 Å². The van der Waals surface area contributed by atoms with Crippen molar-refractivity contribution >= 4 is 0 Å². The van der Waals surface area contributed by atoms with E-state index in [1.54, 1.807) is 0 Å². The first-order valence-electron chi connectivity index (χ1n) is 2.15. The van der Waals surface area contributed by atoms with Crippen molar-refractivity contribution in [3.05, 3.63) is 0 Å². The molecular weight excluding hydrogens is 96.0 g/mol. The Morgan fingerprint density at radius 3 is 2.71 bits per heavy atom. The van der Waals surface area contributed by atoms with Crippen LogP contribution >= 0.6 is 0 Å². The largest absolute Gasteiger partial charge is 0.328 e. The van der Waals surface area contributed by atoms with Gasteiger partial charge in [-0.15, -0.1) is 5.48 Å². The molecular formula is C3H8N2O2. The van der Waals surface area contributed by atoms with Crippen molar-refractivity contribution in [1.29, 1.82) is 0 Å². The normalized spacial score (nSPS) is 38.6. The van der Waals surface area contributed by atoms with E-state index in [4.69, 9.17) is 10.5 Å². The number of hydrogen-bond donors (Lipinski definition) is 2. The molecule has 0 spiro atoms. The predicted octanol–water partition coefficient (Wildman–Crippen LogP) is -0.872. The molecule has 0 amide bonds. The van der Waals surface area contributed by atoms with Gasteiger partial charge >= 0.3 is 6.03 Å². The lowest BCUT2D eigenvalue weighted by molar-refractivity contribution is -0.0326. The van der Waals surface area contributed by atoms with Crippen LogP contribution in [0.3, 0.4) is 0 Å². The zero-order valence-corrected chi connectivity index (χ0v) is 4.10. The Hall–Kier alpha value is -0.160. The van der Waals surface area contributed by atoms with Crippen molar-refractivity contribution in [3.63, 3.8) is 0 Å². The molecule has 1 heterocycles. The minimum absolute atomic E-state index is 0.559. The number of rotatable bonds is 2. The molecule has 0 aromatic carbocycles. The molecule has 1 fully saturated rings. The molecule has 0 aromatic rings. The molecule has 7 heavy (non-hydrogen) atoms. The van der Waals surface area contributed by atoms with Crippen LogP contribution in [-0.4, -0.2) is 12.6 Å². The van der Waals surface area contributed by atoms with E-state index in [1.165, 1.54) is 0 Å². The highest BCUT2D eigenvalue weighted by Crippen LogP contribution is 2.10. The van der Waals surface area contributed by atoms with Gasteiger partial charge in [0.15, 0.2) is 0 Å². The summed E-state index contributed by atoms with van der Waals surface area (Å²) in [4.78, 5) is 4.44. The van der Waals surface area contributed by atoms with Gasteiger partial charge in [-0.05, 0) is 6.92 Å². The van der Waals surface area contributed by atoms with Crippen LogP contribution < -0.4 is 11.2 Å². The summed E-state index contributed by atoms with van der Waals surface area (Å²) in [5.41, 5.74) is 7.57. The lowest BCUT2D eigenvalue weighted by atomic mass is 10.8. The van der Waals surface area contributed by atoms with Gasteiger partial charge in [0.25, 0.3) is 0 Å². The summed E-state index contributed by atoms with van der Waals surface area (Å²) < 4.78 is 4.78. The van der Waals surface area contributed by atoms with E-state index in [0.717, 1.165) is 0 Å². The van der Waals surface area contributed by atoms with Crippen LogP contribution in [0.15, 0.2) is 0 Å². The summed E-state index contributed by atoms with van der Waals surface area (Å²) in [7, 11) is 0. The second-order valence-electron chi connectivity index (χ2n) is 1.30. The molecule has 4 nitrogen and oxygen atoms in total. The zero-order valence-electron chi connectivity index (χ0n) is 4.10. The SMILES string of the molecule is CCOC1(N)NO1. The van der Waals surface area contributed by atoms with Gasteiger partial charge in [0, 0.05) is 0 Å². The van der Waals surface area contributed by atoms with Gasteiger partial charge < -0.3 is 4.74 Å². The first kappa shape index (κ1) is 4.99. The minimum atomic E-state index is -0.950. The monoisotopic (exact) mass is 104 g/mol. The highest BCUT2D eigenvalue weighted by Gasteiger charge is 2.41. The van der Waals surface area contributed by atoms with Crippen LogP contribution in [0.4, 0.5) is 0 Å². The van der Waals surface area contributed by atoms with Crippen LogP contribution in [0, 0.1) is 0 Å². The maximum Gasteiger partial charge on any atom is 0.328 e. The van der Waals surface area contributed by atoms with Crippen molar-refractivity contribution in [2.75, 3.05) is 6.61 Å². The number of nitrogens with two attached hydrogens (primary N) is 1. The average molecular weight is 104 g/mol. The summed E-state index contributed by atoms with van der Waals surface area (Å²) in [6.45, 7) is 2.40. The molecule has 1 atom stereocenters. The summed E-state index contributed by atoms with van der Waals surface area (Å²) in [5.74, 6) is 0. The lowest BCUT2D eigenvalue weighted by Gasteiger charge is -1.98. The topological polar surface area (TPSA) is 69.7 Å². The first-order valence-corrected chi connectivity index (χ1v) is 2.15. The second kappa shape index (κ2) is 1.41. The van der Waals surface area contributed by atoms with Crippen LogP contribution in [0.5, 0.6) is 0 Å². The Labute approximate surface area is 41.5 Å². The summed E-state index contributed by atoms with van der Waals surface area (Å²) in [5, 5.41) is 0. The molecule has 0 aromatic heterocycles. The number of nitrogens with one attached hydrogen (secondary N) is 1. The molecule has 0 aliphatic carbocycles. The molecule has 1 unspecified atom stereocenters. The van der Waals surface area contributed by atoms with Gasteiger partial charge in [0.2, 0.25) is 0 Å². The van der Waals surface area contributed by atoms with E-state index < -0.39 is 6.03 Å². The molecule has 1 saturated heterocycles. The van der Waals surface area contributed by atoms with E-state index in [-0.39, 0.29) is 0 Å². The van der Waals surface area contributed by atoms with Gasteiger partial charge in [-0.2, -0.15) is 0 Å². The van der Waals surface area contributed by atoms with Crippen LogP contribution in [0.25, 0.3) is 0 Å². The van der Waals surface area contributed by atoms with Gasteiger partial charge in [0.1, 0.15) is 0 Å². The molecule has 0 bridgehead atoms.